The van der Waals surface area contributed by atoms with E-state index in [-0.39, 0.29) is 0 Å². The smallest absolute Gasteiger partial charge is 0.216 e. The molecule has 0 bridgehead atoms. The van der Waals surface area contributed by atoms with E-state index in [4.69, 9.17) is 17.0 Å². The fraction of sp³-hybridized carbons (Fsp3) is 0.381. The Balaban J connectivity index is 1.71. The number of hydrogen-bond donors (Lipinski definition) is 1. The minimum atomic E-state index is 0.527. The van der Waals surface area contributed by atoms with Crippen LogP contribution in [0.4, 0.5) is 0 Å². The molecule has 1 fully saturated rings. The average molecular weight is 396 g/mol. The Hall–Kier alpha value is -2.51. The zero-order valence-electron chi connectivity index (χ0n) is 16.1. The predicted octanol–water partition coefficient (Wildman–Crippen LogP) is 3.80. The van der Waals surface area contributed by atoms with Gasteiger partial charge >= 0.3 is 0 Å². The van der Waals surface area contributed by atoms with Gasteiger partial charge in [-0.3, -0.25) is 5.10 Å². The molecular formula is C21H25N5OS. The molecule has 0 spiro atoms. The highest BCUT2D eigenvalue weighted by atomic mass is 32.1. The van der Waals surface area contributed by atoms with Gasteiger partial charge in [0.25, 0.3) is 0 Å². The number of nitrogens with zero attached hydrogens (tertiary/aromatic N) is 4. The summed E-state index contributed by atoms with van der Waals surface area (Å²) in [4.78, 5) is 2.43. The molecule has 0 unspecified atom stereocenters. The largest absolute Gasteiger partial charge is 0.378 e. The van der Waals surface area contributed by atoms with Gasteiger partial charge in [-0.25, -0.2) is 0 Å². The summed E-state index contributed by atoms with van der Waals surface area (Å²) in [5, 5.41) is 11.7. The van der Waals surface area contributed by atoms with Crippen LogP contribution in [-0.4, -0.2) is 52.3 Å². The summed E-state index contributed by atoms with van der Waals surface area (Å²) in [6.07, 6.45) is 7.02. The molecule has 1 aromatic heterocycles. The first-order valence-corrected chi connectivity index (χ1v) is 10.2. The molecule has 2 heterocycles. The number of benzene rings is 1. The molecule has 1 aromatic carbocycles. The second-order valence-corrected chi connectivity index (χ2v) is 7.30. The van der Waals surface area contributed by atoms with E-state index in [1.165, 1.54) is 22.4 Å². The number of aromatic nitrogens is 3. The number of allylic oxidation sites excluding steroid dienone is 2. The van der Waals surface area contributed by atoms with Crippen molar-refractivity contribution in [2.75, 3.05) is 26.3 Å². The van der Waals surface area contributed by atoms with Gasteiger partial charge in [0.05, 0.1) is 19.4 Å². The van der Waals surface area contributed by atoms with Crippen molar-refractivity contribution in [2.24, 2.45) is 5.10 Å². The van der Waals surface area contributed by atoms with Crippen LogP contribution < -0.4 is 0 Å². The van der Waals surface area contributed by atoms with Crippen molar-refractivity contribution in [1.29, 1.82) is 0 Å². The van der Waals surface area contributed by atoms with Gasteiger partial charge < -0.3 is 9.64 Å². The quantitative estimate of drug-likeness (QED) is 0.618. The average Bonchev–Trinajstić information content (AvgIpc) is 3.30. The van der Waals surface area contributed by atoms with Gasteiger partial charge in [0.1, 0.15) is 0 Å². The normalized spacial score (nSPS) is 19.3. The van der Waals surface area contributed by atoms with Crippen LogP contribution in [0.25, 0.3) is 6.08 Å². The lowest BCUT2D eigenvalue weighted by atomic mass is 10.1. The van der Waals surface area contributed by atoms with Gasteiger partial charge in [0.2, 0.25) is 4.77 Å². The van der Waals surface area contributed by atoms with Crippen LogP contribution in [0.15, 0.2) is 52.3 Å². The summed E-state index contributed by atoms with van der Waals surface area (Å²) in [5.74, 6) is 0.841. The standard InChI is InChI=1S/C21H25N5OS/c1-2-19-23-24-21(28)26(19)22-15-18-9-8-17(14-16-6-4-3-5-7-16)20(18)25-10-12-27-13-11-25/h3-7,14-15H,2,8-13H2,1H3,(H,24,28)/b17-14?,22-15-. The third kappa shape index (κ3) is 4.00. The van der Waals surface area contributed by atoms with Crippen LogP contribution in [0.5, 0.6) is 0 Å². The summed E-state index contributed by atoms with van der Waals surface area (Å²) in [6, 6.07) is 10.5. The van der Waals surface area contributed by atoms with E-state index in [0.717, 1.165) is 51.4 Å². The molecule has 1 saturated heterocycles. The number of morpholine rings is 1. The number of aromatic amines is 1. The molecule has 2 aromatic rings. The van der Waals surface area contributed by atoms with Gasteiger partial charge in [-0.05, 0) is 47.8 Å². The predicted molar refractivity (Wildman–Crippen MR) is 114 cm³/mol. The second kappa shape index (κ2) is 8.67. The molecule has 0 radical (unpaired) electrons. The lowest BCUT2D eigenvalue weighted by Gasteiger charge is -2.31. The van der Waals surface area contributed by atoms with Crippen molar-refractivity contribution in [1.82, 2.24) is 19.8 Å². The summed E-state index contributed by atoms with van der Waals surface area (Å²) >= 11 is 5.32. The van der Waals surface area contributed by atoms with Crippen molar-refractivity contribution < 1.29 is 4.74 Å². The maximum Gasteiger partial charge on any atom is 0.216 e. The molecule has 1 aliphatic carbocycles. The van der Waals surface area contributed by atoms with Gasteiger partial charge in [0, 0.05) is 25.2 Å². The van der Waals surface area contributed by atoms with E-state index >= 15 is 0 Å². The molecule has 1 N–H and O–H groups in total. The topological polar surface area (TPSA) is 58.4 Å². The van der Waals surface area contributed by atoms with E-state index in [2.05, 4.69) is 50.5 Å². The van der Waals surface area contributed by atoms with Gasteiger partial charge in [0.15, 0.2) is 5.82 Å². The Morgan fingerprint density at radius 3 is 2.75 bits per heavy atom. The number of nitrogens with one attached hydrogen (secondary N) is 1. The Morgan fingerprint density at radius 1 is 1.21 bits per heavy atom. The summed E-state index contributed by atoms with van der Waals surface area (Å²) < 4.78 is 7.81. The number of rotatable bonds is 5. The van der Waals surface area contributed by atoms with E-state index in [9.17, 15) is 0 Å². The van der Waals surface area contributed by atoms with E-state index < -0.39 is 0 Å². The number of hydrogen-bond acceptors (Lipinski definition) is 5. The number of aryl methyl sites for hydroxylation is 1. The highest BCUT2D eigenvalue weighted by Gasteiger charge is 2.25. The molecule has 0 amide bonds. The zero-order valence-corrected chi connectivity index (χ0v) is 16.9. The van der Waals surface area contributed by atoms with Crippen LogP contribution in [0.2, 0.25) is 0 Å². The van der Waals surface area contributed by atoms with Crippen molar-refractivity contribution >= 4 is 24.5 Å². The third-order valence-corrected chi connectivity index (χ3v) is 5.37. The molecule has 4 rings (SSSR count). The molecule has 146 valence electrons. The molecule has 28 heavy (non-hydrogen) atoms. The van der Waals surface area contributed by atoms with Crippen LogP contribution in [0.1, 0.15) is 31.2 Å². The Kier molecular flexibility index (Phi) is 5.83. The molecule has 7 heteroatoms. The molecule has 2 aliphatic rings. The van der Waals surface area contributed by atoms with Crippen LogP contribution >= 0.6 is 12.2 Å². The van der Waals surface area contributed by atoms with Crippen LogP contribution in [-0.2, 0) is 11.2 Å². The summed E-state index contributed by atoms with van der Waals surface area (Å²) in [5.41, 5.74) is 5.13. The number of H-pyrrole nitrogens is 1. The van der Waals surface area contributed by atoms with E-state index in [0.29, 0.717) is 4.77 Å². The van der Waals surface area contributed by atoms with E-state index in [1.807, 2.05) is 19.2 Å². The van der Waals surface area contributed by atoms with Crippen molar-refractivity contribution in [3.05, 3.63) is 63.3 Å². The monoisotopic (exact) mass is 395 g/mol. The summed E-state index contributed by atoms with van der Waals surface area (Å²) in [6.45, 7) is 5.39. The van der Waals surface area contributed by atoms with Crippen molar-refractivity contribution in [3.63, 3.8) is 0 Å². The summed E-state index contributed by atoms with van der Waals surface area (Å²) in [7, 11) is 0. The molecule has 0 atom stereocenters. The molecular weight excluding hydrogens is 370 g/mol. The lowest BCUT2D eigenvalue weighted by Crippen LogP contribution is -2.36. The maximum absolute atomic E-state index is 5.57. The molecule has 0 saturated carbocycles. The SMILES string of the molecule is CCc1n[nH]c(=S)n1/N=C\C1=C(N2CCOCC2)C(=Cc2ccccc2)CC1. The Labute approximate surface area is 170 Å². The fourth-order valence-electron chi connectivity index (χ4n) is 3.72. The highest BCUT2D eigenvalue weighted by Crippen LogP contribution is 2.35. The van der Waals surface area contributed by atoms with Crippen LogP contribution in [0, 0.1) is 4.77 Å². The minimum absolute atomic E-state index is 0.527. The highest BCUT2D eigenvalue weighted by molar-refractivity contribution is 7.71. The van der Waals surface area contributed by atoms with Gasteiger partial charge in [-0.2, -0.15) is 14.9 Å². The first-order chi connectivity index (χ1) is 13.8. The number of ether oxygens (including phenoxy) is 1. The second-order valence-electron chi connectivity index (χ2n) is 6.91. The van der Waals surface area contributed by atoms with Crippen molar-refractivity contribution in [2.45, 2.75) is 26.2 Å². The van der Waals surface area contributed by atoms with E-state index in [1.54, 1.807) is 4.68 Å². The van der Waals surface area contributed by atoms with Gasteiger partial charge in [-0.1, -0.05) is 37.3 Å². The minimum Gasteiger partial charge on any atom is -0.378 e. The van der Waals surface area contributed by atoms with Gasteiger partial charge in [-0.15, -0.1) is 0 Å². The molecule has 1 aliphatic heterocycles. The fourth-order valence-corrected chi connectivity index (χ4v) is 3.92. The Morgan fingerprint density at radius 2 is 2.00 bits per heavy atom. The lowest BCUT2D eigenvalue weighted by molar-refractivity contribution is 0.0548. The van der Waals surface area contributed by atoms with Crippen molar-refractivity contribution in [3.8, 4) is 0 Å². The maximum atomic E-state index is 5.57. The molecule has 6 nitrogen and oxygen atoms in total. The first-order valence-electron chi connectivity index (χ1n) is 9.78. The van der Waals surface area contributed by atoms with Crippen LogP contribution in [0.3, 0.4) is 0 Å². The Bertz CT molecular complexity index is 964. The first kappa shape index (κ1) is 18.8. The zero-order chi connectivity index (χ0) is 19.3. The third-order valence-electron chi connectivity index (χ3n) is 5.10.